The quantitative estimate of drug-likeness (QED) is 0.829. The maximum absolute atomic E-state index is 11.8. The van der Waals surface area contributed by atoms with Gasteiger partial charge >= 0.3 is 5.97 Å². The SMILES string of the molecule is CCOC(=O)C1N[S@](=O)CC1Cc1ccccc1. The molecule has 1 N–H and O–H groups in total. The van der Waals surface area contributed by atoms with Crippen LogP contribution in [0.1, 0.15) is 12.5 Å². The van der Waals surface area contributed by atoms with E-state index in [0.29, 0.717) is 12.4 Å². The minimum absolute atomic E-state index is 0.0345. The van der Waals surface area contributed by atoms with E-state index < -0.39 is 17.0 Å². The normalized spacial score (nSPS) is 27.1. The molecule has 0 aliphatic carbocycles. The lowest BCUT2D eigenvalue weighted by molar-refractivity contribution is -0.146. The Morgan fingerprint density at radius 2 is 2.17 bits per heavy atom. The van der Waals surface area contributed by atoms with Crippen molar-refractivity contribution < 1.29 is 13.7 Å². The zero-order chi connectivity index (χ0) is 13.0. The third-order valence-electron chi connectivity index (χ3n) is 2.98. The largest absolute Gasteiger partial charge is 0.465 e. The molecule has 5 heteroatoms. The molecule has 1 aromatic rings. The van der Waals surface area contributed by atoms with Gasteiger partial charge in [0.2, 0.25) is 0 Å². The van der Waals surface area contributed by atoms with Crippen molar-refractivity contribution in [1.82, 2.24) is 4.72 Å². The van der Waals surface area contributed by atoms with Crippen LogP contribution in [0, 0.1) is 5.92 Å². The van der Waals surface area contributed by atoms with Crippen LogP contribution in [0.3, 0.4) is 0 Å². The van der Waals surface area contributed by atoms with Crippen molar-refractivity contribution in [3.8, 4) is 0 Å². The van der Waals surface area contributed by atoms with E-state index in [0.717, 1.165) is 12.0 Å². The van der Waals surface area contributed by atoms with Crippen LogP contribution >= 0.6 is 0 Å². The maximum atomic E-state index is 11.8. The van der Waals surface area contributed by atoms with Gasteiger partial charge in [0, 0.05) is 11.7 Å². The van der Waals surface area contributed by atoms with Crippen molar-refractivity contribution in [2.24, 2.45) is 5.92 Å². The van der Waals surface area contributed by atoms with Gasteiger partial charge in [-0.3, -0.25) is 4.79 Å². The summed E-state index contributed by atoms with van der Waals surface area (Å²) in [6.45, 7) is 2.12. The van der Waals surface area contributed by atoms with E-state index in [9.17, 15) is 9.00 Å². The van der Waals surface area contributed by atoms with Gasteiger partial charge in [0.15, 0.2) is 0 Å². The molecule has 1 aliphatic rings. The molecule has 2 rings (SSSR count). The number of carbonyl (C=O) groups excluding carboxylic acids is 1. The second-order valence-corrected chi connectivity index (χ2v) is 5.57. The molecule has 0 spiro atoms. The van der Waals surface area contributed by atoms with Crippen LogP contribution in [-0.4, -0.2) is 28.6 Å². The molecule has 0 aromatic heterocycles. The van der Waals surface area contributed by atoms with E-state index in [1.807, 2.05) is 30.3 Å². The van der Waals surface area contributed by atoms with Gasteiger partial charge in [0.25, 0.3) is 0 Å². The molecule has 18 heavy (non-hydrogen) atoms. The standard InChI is InChI=1S/C13H17NO3S/c1-2-17-13(15)12-11(9-18(16)14-12)8-10-6-4-3-5-7-10/h3-7,11-12,14H,2,8-9H2,1H3/t11?,12?,18-/m1/s1. The summed E-state index contributed by atoms with van der Waals surface area (Å²) in [5, 5.41) is 0. The fraction of sp³-hybridized carbons (Fsp3) is 0.462. The molecular weight excluding hydrogens is 250 g/mol. The summed E-state index contributed by atoms with van der Waals surface area (Å²) in [6.07, 6.45) is 0.739. The average Bonchev–Trinajstić information content (AvgIpc) is 2.72. The van der Waals surface area contributed by atoms with Crippen LogP contribution in [-0.2, 0) is 26.9 Å². The number of esters is 1. The molecule has 0 radical (unpaired) electrons. The number of ether oxygens (including phenoxy) is 1. The Balaban J connectivity index is 2.05. The highest BCUT2D eigenvalue weighted by atomic mass is 32.2. The zero-order valence-electron chi connectivity index (χ0n) is 10.3. The lowest BCUT2D eigenvalue weighted by Gasteiger charge is -2.16. The van der Waals surface area contributed by atoms with Crippen molar-refractivity contribution in [1.29, 1.82) is 0 Å². The van der Waals surface area contributed by atoms with Crippen molar-refractivity contribution >= 4 is 17.0 Å². The summed E-state index contributed by atoms with van der Waals surface area (Å²) in [5.41, 5.74) is 1.15. The smallest absolute Gasteiger partial charge is 0.324 e. The summed E-state index contributed by atoms with van der Waals surface area (Å²) < 4.78 is 19.4. The molecule has 1 saturated heterocycles. The fourth-order valence-electron chi connectivity index (χ4n) is 2.14. The first kappa shape index (κ1) is 13.2. The highest BCUT2D eigenvalue weighted by molar-refractivity contribution is 7.83. The molecule has 3 atom stereocenters. The highest BCUT2D eigenvalue weighted by Gasteiger charge is 2.37. The van der Waals surface area contributed by atoms with Crippen LogP contribution < -0.4 is 4.72 Å². The summed E-state index contributed by atoms with van der Waals surface area (Å²) in [7, 11) is -1.13. The predicted octanol–water partition coefficient (Wildman–Crippen LogP) is 1.04. The number of carbonyl (C=O) groups is 1. The number of nitrogens with one attached hydrogen (secondary N) is 1. The molecule has 98 valence electrons. The van der Waals surface area contributed by atoms with Gasteiger partial charge < -0.3 is 4.74 Å². The molecule has 4 nitrogen and oxygen atoms in total. The van der Waals surface area contributed by atoms with E-state index in [4.69, 9.17) is 4.74 Å². The predicted molar refractivity (Wildman–Crippen MR) is 70.2 cm³/mol. The third kappa shape index (κ3) is 3.17. The minimum atomic E-state index is -1.13. The van der Waals surface area contributed by atoms with Gasteiger partial charge in [-0.05, 0) is 18.9 Å². The molecule has 0 amide bonds. The van der Waals surface area contributed by atoms with E-state index in [2.05, 4.69) is 4.72 Å². The molecule has 1 fully saturated rings. The fourth-order valence-corrected chi connectivity index (χ4v) is 3.51. The van der Waals surface area contributed by atoms with Crippen LogP contribution in [0.5, 0.6) is 0 Å². The van der Waals surface area contributed by atoms with Gasteiger partial charge in [-0.1, -0.05) is 30.3 Å². The van der Waals surface area contributed by atoms with Gasteiger partial charge in [0.1, 0.15) is 6.04 Å². The average molecular weight is 267 g/mol. The molecule has 0 bridgehead atoms. The summed E-state index contributed by atoms with van der Waals surface area (Å²) in [6, 6.07) is 9.47. The third-order valence-corrected chi connectivity index (χ3v) is 4.22. The van der Waals surface area contributed by atoms with E-state index in [1.54, 1.807) is 6.92 Å². The van der Waals surface area contributed by atoms with Crippen LogP contribution in [0.15, 0.2) is 30.3 Å². The Labute approximate surface area is 109 Å². The summed E-state index contributed by atoms with van der Waals surface area (Å²) in [5.74, 6) is 0.231. The topological polar surface area (TPSA) is 55.4 Å². The van der Waals surface area contributed by atoms with Crippen LogP contribution in [0.4, 0.5) is 0 Å². The Morgan fingerprint density at radius 1 is 1.44 bits per heavy atom. The van der Waals surface area contributed by atoms with E-state index in [1.165, 1.54) is 0 Å². The van der Waals surface area contributed by atoms with Crippen molar-refractivity contribution in [2.45, 2.75) is 19.4 Å². The molecule has 1 aromatic carbocycles. The zero-order valence-corrected chi connectivity index (χ0v) is 11.1. The van der Waals surface area contributed by atoms with Crippen molar-refractivity contribution in [3.05, 3.63) is 35.9 Å². The molecule has 2 unspecified atom stereocenters. The Kier molecular flexibility index (Phi) is 4.49. The first-order chi connectivity index (χ1) is 8.70. The molecule has 0 saturated carbocycles. The number of hydrogen-bond acceptors (Lipinski definition) is 3. The van der Waals surface area contributed by atoms with Crippen molar-refractivity contribution in [2.75, 3.05) is 12.4 Å². The van der Waals surface area contributed by atoms with E-state index in [-0.39, 0.29) is 11.9 Å². The van der Waals surface area contributed by atoms with Gasteiger partial charge in [0.05, 0.1) is 17.6 Å². The lowest BCUT2D eigenvalue weighted by atomic mass is 9.94. The summed E-state index contributed by atoms with van der Waals surface area (Å²) >= 11 is 0. The number of benzene rings is 1. The van der Waals surface area contributed by atoms with Crippen LogP contribution in [0.2, 0.25) is 0 Å². The second-order valence-electron chi connectivity index (χ2n) is 4.31. The van der Waals surface area contributed by atoms with E-state index >= 15 is 0 Å². The summed E-state index contributed by atoms with van der Waals surface area (Å²) in [4.78, 5) is 11.8. The molecule has 1 aliphatic heterocycles. The number of rotatable bonds is 4. The van der Waals surface area contributed by atoms with Gasteiger partial charge in [-0.2, -0.15) is 0 Å². The molecule has 1 heterocycles. The Bertz CT molecular complexity index is 435. The lowest BCUT2D eigenvalue weighted by Crippen LogP contribution is -2.38. The second kappa shape index (κ2) is 6.11. The first-order valence-electron chi connectivity index (χ1n) is 6.05. The van der Waals surface area contributed by atoms with Crippen LogP contribution in [0.25, 0.3) is 0 Å². The Hall–Kier alpha value is -1.20. The maximum Gasteiger partial charge on any atom is 0.324 e. The molecular formula is C13H17NO3S. The monoisotopic (exact) mass is 267 g/mol. The number of hydrogen-bond donors (Lipinski definition) is 1. The first-order valence-corrected chi connectivity index (χ1v) is 7.37. The highest BCUT2D eigenvalue weighted by Crippen LogP contribution is 2.20. The van der Waals surface area contributed by atoms with Gasteiger partial charge in [-0.25, -0.2) is 8.93 Å². The Morgan fingerprint density at radius 3 is 2.83 bits per heavy atom. The van der Waals surface area contributed by atoms with Crippen molar-refractivity contribution in [3.63, 3.8) is 0 Å². The minimum Gasteiger partial charge on any atom is -0.465 e. The van der Waals surface area contributed by atoms with Gasteiger partial charge in [-0.15, -0.1) is 0 Å².